The number of piperidine rings is 1. The molecule has 2 unspecified atom stereocenters. The van der Waals surface area contributed by atoms with E-state index >= 15 is 0 Å². The van der Waals surface area contributed by atoms with Crippen LogP contribution in [0.1, 0.15) is 25.7 Å². The number of hydrogen-bond acceptors (Lipinski definition) is 5. The van der Waals surface area contributed by atoms with Gasteiger partial charge >= 0.3 is 5.69 Å². The van der Waals surface area contributed by atoms with Gasteiger partial charge < -0.3 is 16.0 Å². The minimum absolute atomic E-state index is 0.201. The van der Waals surface area contributed by atoms with Crippen molar-refractivity contribution in [3.8, 4) is 0 Å². The maximum atomic E-state index is 11.9. The molecule has 20 heavy (non-hydrogen) atoms. The van der Waals surface area contributed by atoms with Crippen LogP contribution in [0.3, 0.4) is 0 Å². The van der Waals surface area contributed by atoms with Crippen molar-refractivity contribution in [1.82, 2.24) is 14.5 Å². The molecule has 0 aromatic carbocycles. The number of H-pyrrole nitrogens is 1. The van der Waals surface area contributed by atoms with Gasteiger partial charge in [-0.25, -0.2) is 4.79 Å². The number of anilines is 2. The number of nitrogens with one attached hydrogen (secondary N) is 2. The fourth-order valence-corrected chi connectivity index (χ4v) is 3.34. The Labute approximate surface area is 116 Å². The number of nitrogens with two attached hydrogens (primary N) is 1. The van der Waals surface area contributed by atoms with Crippen LogP contribution in [0.5, 0.6) is 0 Å². The zero-order valence-electron chi connectivity index (χ0n) is 11.7. The van der Waals surface area contributed by atoms with E-state index in [2.05, 4.69) is 15.2 Å². The second kappa shape index (κ2) is 4.97. The highest BCUT2D eigenvalue weighted by atomic mass is 16.2. The Hall–Kier alpha value is -1.76. The molecule has 2 aliphatic heterocycles. The highest BCUT2D eigenvalue weighted by Crippen LogP contribution is 2.28. The lowest BCUT2D eigenvalue weighted by atomic mass is 9.97. The third-order valence-electron chi connectivity index (χ3n) is 4.54. The van der Waals surface area contributed by atoms with E-state index in [9.17, 15) is 9.59 Å². The molecule has 110 valence electrons. The molecule has 3 heterocycles. The van der Waals surface area contributed by atoms with Gasteiger partial charge in [0, 0.05) is 25.7 Å². The van der Waals surface area contributed by atoms with Crippen molar-refractivity contribution in [3.63, 3.8) is 0 Å². The fraction of sp³-hybridized carbons (Fsp3) is 0.692. The average Bonchev–Trinajstić information content (AvgIpc) is 2.88. The van der Waals surface area contributed by atoms with E-state index in [0.29, 0.717) is 11.7 Å². The van der Waals surface area contributed by atoms with Gasteiger partial charge in [-0.2, -0.15) is 0 Å². The summed E-state index contributed by atoms with van der Waals surface area (Å²) < 4.78 is 1.26. The Bertz CT molecular complexity index is 620. The van der Waals surface area contributed by atoms with Gasteiger partial charge in [0.05, 0.1) is 0 Å². The summed E-state index contributed by atoms with van der Waals surface area (Å²) in [4.78, 5) is 28.1. The lowest BCUT2D eigenvalue weighted by Crippen LogP contribution is -2.44. The van der Waals surface area contributed by atoms with Crippen LogP contribution in [0.25, 0.3) is 0 Å². The molecule has 0 bridgehead atoms. The van der Waals surface area contributed by atoms with Gasteiger partial charge in [-0.15, -0.1) is 0 Å². The molecular weight excluding hydrogens is 258 g/mol. The first-order valence-electron chi connectivity index (χ1n) is 7.15. The number of nitrogen functional groups attached to an aromatic ring is 1. The zero-order valence-corrected chi connectivity index (χ0v) is 11.7. The summed E-state index contributed by atoms with van der Waals surface area (Å²) in [5, 5.41) is 3.24. The van der Waals surface area contributed by atoms with Crippen LogP contribution in [0, 0.1) is 0 Å². The molecule has 2 fully saturated rings. The van der Waals surface area contributed by atoms with Crippen LogP contribution in [-0.4, -0.2) is 39.6 Å². The van der Waals surface area contributed by atoms with Crippen LogP contribution < -0.4 is 22.3 Å². The van der Waals surface area contributed by atoms with E-state index in [1.165, 1.54) is 24.0 Å². The van der Waals surface area contributed by atoms with Crippen molar-refractivity contribution in [2.24, 2.45) is 7.05 Å². The maximum Gasteiger partial charge on any atom is 0.329 e. The summed E-state index contributed by atoms with van der Waals surface area (Å²) in [6.45, 7) is 2.26. The molecule has 0 spiro atoms. The minimum atomic E-state index is -0.483. The van der Waals surface area contributed by atoms with Crippen LogP contribution in [0.15, 0.2) is 9.59 Å². The summed E-state index contributed by atoms with van der Waals surface area (Å²) in [5.41, 5.74) is 5.29. The van der Waals surface area contributed by atoms with E-state index in [1.54, 1.807) is 7.05 Å². The quantitative estimate of drug-likeness (QED) is 0.690. The van der Waals surface area contributed by atoms with Crippen LogP contribution in [0.4, 0.5) is 11.5 Å². The molecule has 2 atom stereocenters. The lowest BCUT2D eigenvalue weighted by Gasteiger charge is -2.35. The van der Waals surface area contributed by atoms with Gasteiger partial charge in [-0.1, -0.05) is 0 Å². The monoisotopic (exact) mass is 279 g/mol. The summed E-state index contributed by atoms with van der Waals surface area (Å²) in [5.74, 6) is 0.201. The normalized spacial score (nSPS) is 26.4. The number of fused-ring (bicyclic) bond motifs is 1. The van der Waals surface area contributed by atoms with Crippen molar-refractivity contribution < 1.29 is 0 Å². The second-order valence-corrected chi connectivity index (χ2v) is 5.78. The first-order chi connectivity index (χ1) is 9.56. The number of hydrogen-bond donors (Lipinski definition) is 3. The molecular formula is C13H21N5O2. The standard InChI is InChI=1S/C13H21N5O2/c1-17-11(14)10(12(19)16-13(17)20)15-8-4-6-18-5-2-3-9(18)7-8/h8-9,15H,2-7,14H2,1H3,(H,16,19,20). The Morgan fingerprint density at radius 1 is 1.30 bits per heavy atom. The predicted octanol–water partition coefficient (Wildman–Crippen LogP) is -0.305. The molecule has 1 aromatic heterocycles. The highest BCUT2D eigenvalue weighted by molar-refractivity contribution is 5.60. The Balaban J connectivity index is 1.80. The Morgan fingerprint density at radius 3 is 2.90 bits per heavy atom. The van der Waals surface area contributed by atoms with Crippen molar-refractivity contribution in [2.45, 2.75) is 37.8 Å². The molecule has 0 saturated carbocycles. The van der Waals surface area contributed by atoms with E-state index < -0.39 is 11.2 Å². The van der Waals surface area contributed by atoms with Crippen molar-refractivity contribution in [1.29, 1.82) is 0 Å². The SMILES string of the molecule is Cn1c(N)c(NC2CCN3CCCC3C2)c(=O)[nH]c1=O. The Morgan fingerprint density at radius 2 is 2.10 bits per heavy atom. The fourth-order valence-electron chi connectivity index (χ4n) is 3.34. The smallest absolute Gasteiger partial charge is 0.329 e. The largest absolute Gasteiger partial charge is 0.383 e. The molecule has 2 saturated heterocycles. The topological polar surface area (TPSA) is 96.2 Å². The molecule has 4 N–H and O–H groups in total. The van der Waals surface area contributed by atoms with Gasteiger partial charge in [0.25, 0.3) is 5.56 Å². The minimum Gasteiger partial charge on any atom is -0.383 e. The summed E-state index contributed by atoms with van der Waals surface area (Å²) in [7, 11) is 1.55. The van der Waals surface area contributed by atoms with Crippen molar-refractivity contribution in [2.75, 3.05) is 24.1 Å². The van der Waals surface area contributed by atoms with Gasteiger partial charge in [0.15, 0.2) is 0 Å². The molecule has 7 heteroatoms. The molecule has 1 aromatic rings. The third-order valence-corrected chi connectivity index (χ3v) is 4.54. The second-order valence-electron chi connectivity index (χ2n) is 5.78. The molecule has 3 rings (SSSR count). The average molecular weight is 279 g/mol. The summed E-state index contributed by atoms with van der Waals surface area (Å²) in [6, 6.07) is 0.865. The van der Waals surface area contributed by atoms with Crippen LogP contribution >= 0.6 is 0 Å². The van der Waals surface area contributed by atoms with Gasteiger partial charge in [-0.05, 0) is 32.2 Å². The first kappa shape index (κ1) is 13.2. The predicted molar refractivity (Wildman–Crippen MR) is 78.0 cm³/mol. The van der Waals surface area contributed by atoms with E-state index in [4.69, 9.17) is 5.73 Å². The molecule has 0 radical (unpaired) electrons. The number of aromatic nitrogens is 2. The molecule has 7 nitrogen and oxygen atoms in total. The van der Waals surface area contributed by atoms with Crippen molar-refractivity contribution in [3.05, 3.63) is 20.8 Å². The van der Waals surface area contributed by atoms with E-state index in [0.717, 1.165) is 19.4 Å². The van der Waals surface area contributed by atoms with Crippen LogP contribution in [0.2, 0.25) is 0 Å². The van der Waals surface area contributed by atoms with Gasteiger partial charge in [-0.3, -0.25) is 14.3 Å². The first-order valence-corrected chi connectivity index (χ1v) is 7.15. The van der Waals surface area contributed by atoms with E-state index in [1.807, 2.05) is 0 Å². The van der Waals surface area contributed by atoms with E-state index in [-0.39, 0.29) is 11.9 Å². The lowest BCUT2D eigenvalue weighted by molar-refractivity contribution is 0.188. The Kier molecular flexibility index (Phi) is 3.29. The van der Waals surface area contributed by atoms with Crippen LogP contribution in [-0.2, 0) is 7.05 Å². The van der Waals surface area contributed by atoms with Gasteiger partial charge in [0.1, 0.15) is 11.5 Å². The maximum absolute atomic E-state index is 11.9. The molecule has 2 aliphatic rings. The summed E-state index contributed by atoms with van der Waals surface area (Å²) >= 11 is 0. The number of aromatic amines is 1. The highest BCUT2D eigenvalue weighted by Gasteiger charge is 2.32. The molecule has 0 aliphatic carbocycles. The third kappa shape index (κ3) is 2.22. The van der Waals surface area contributed by atoms with Gasteiger partial charge in [0.2, 0.25) is 0 Å². The van der Waals surface area contributed by atoms with Crippen molar-refractivity contribution >= 4 is 11.5 Å². The number of rotatable bonds is 2. The molecule has 0 amide bonds. The zero-order chi connectivity index (χ0) is 14.3. The summed E-state index contributed by atoms with van der Waals surface area (Å²) in [6.07, 6.45) is 4.52. The number of nitrogens with zero attached hydrogens (tertiary/aromatic N) is 2.